The highest BCUT2D eigenvalue weighted by Crippen LogP contribution is 2.41. The minimum atomic E-state index is -0.440. The molecule has 0 unspecified atom stereocenters. The van der Waals surface area contributed by atoms with E-state index in [1.165, 1.54) is 25.0 Å². The molecule has 0 saturated heterocycles. The normalized spacial score (nSPS) is 17.1. The first-order chi connectivity index (χ1) is 9.47. The van der Waals surface area contributed by atoms with Gasteiger partial charge in [-0.25, -0.2) is 0 Å². The van der Waals surface area contributed by atoms with Gasteiger partial charge in [-0.1, -0.05) is 36.0 Å². The number of rotatable bonds is 5. The maximum Gasteiger partial charge on any atom is 0.293 e. The fraction of sp³-hybridized carbons (Fsp3) is 0.538. The molecule has 110 valence electrons. The summed E-state index contributed by atoms with van der Waals surface area (Å²) in [6.45, 7) is 0.701. The number of halogens is 2. The van der Waals surface area contributed by atoms with Crippen LogP contribution in [0, 0.1) is 10.1 Å². The Labute approximate surface area is 132 Å². The first kappa shape index (κ1) is 15.7. The summed E-state index contributed by atoms with van der Waals surface area (Å²) in [5.74, 6) is 0. The molecule has 1 saturated carbocycles. The summed E-state index contributed by atoms with van der Waals surface area (Å²) in [6, 6.07) is 2.83. The second kappa shape index (κ2) is 6.41. The molecule has 0 radical (unpaired) electrons. The summed E-state index contributed by atoms with van der Waals surface area (Å²) in [7, 11) is 0. The van der Waals surface area contributed by atoms with Gasteiger partial charge >= 0.3 is 0 Å². The number of nitro benzene ring substituents is 1. The topological polar surface area (TPSA) is 55.2 Å². The van der Waals surface area contributed by atoms with E-state index in [1.54, 1.807) is 0 Å². The Morgan fingerprint density at radius 3 is 2.50 bits per heavy atom. The van der Waals surface area contributed by atoms with E-state index in [2.05, 4.69) is 11.6 Å². The smallest absolute Gasteiger partial charge is 0.293 e. The van der Waals surface area contributed by atoms with Crippen LogP contribution < -0.4 is 5.32 Å². The van der Waals surface area contributed by atoms with E-state index in [4.69, 9.17) is 23.2 Å². The summed E-state index contributed by atoms with van der Waals surface area (Å²) in [5.41, 5.74) is 0.401. The van der Waals surface area contributed by atoms with E-state index < -0.39 is 4.92 Å². The van der Waals surface area contributed by atoms with Crippen LogP contribution in [0.1, 0.15) is 25.7 Å². The SMILES string of the molecule is CSC1(CNc2cc(Cl)c(Cl)cc2[N+](=O)[O-])CCCC1. The predicted molar refractivity (Wildman–Crippen MR) is 86.3 cm³/mol. The van der Waals surface area contributed by atoms with Crippen molar-refractivity contribution < 1.29 is 4.92 Å². The van der Waals surface area contributed by atoms with Crippen molar-refractivity contribution in [2.24, 2.45) is 0 Å². The van der Waals surface area contributed by atoms with Crippen molar-refractivity contribution >= 4 is 46.3 Å². The third kappa shape index (κ3) is 3.32. The number of benzene rings is 1. The average Bonchev–Trinajstić information content (AvgIpc) is 2.89. The van der Waals surface area contributed by atoms with Gasteiger partial charge < -0.3 is 5.32 Å². The molecule has 1 aliphatic carbocycles. The fourth-order valence-corrected chi connectivity index (χ4v) is 3.79. The van der Waals surface area contributed by atoms with Crippen molar-refractivity contribution in [3.8, 4) is 0 Å². The second-order valence-corrected chi connectivity index (χ2v) is 7.08. The van der Waals surface area contributed by atoms with Gasteiger partial charge in [-0.2, -0.15) is 11.8 Å². The monoisotopic (exact) mass is 334 g/mol. The van der Waals surface area contributed by atoms with Crippen LogP contribution in [0.15, 0.2) is 12.1 Å². The molecule has 1 fully saturated rings. The van der Waals surface area contributed by atoms with E-state index in [-0.39, 0.29) is 15.5 Å². The lowest BCUT2D eigenvalue weighted by Crippen LogP contribution is -2.30. The Hall–Kier alpha value is -0.650. The van der Waals surface area contributed by atoms with Crippen LogP contribution in [0.2, 0.25) is 10.0 Å². The predicted octanol–water partition coefficient (Wildman–Crippen LogP) is 4.99. The van der Waals surface area contributed by atoms with Gasteiger partial charge in [0.15, 0.2) is 0 Å². The summed E-state index contributed by atoms with van der Waals surface area (Å²) in [6.07, 6.45) is 6.79. The highest BCUT2D eigenvalue weighted by molar-refractivity contribution is 8.00. The van der Waals surface area contributed by atoms with Crippen LogP contribution in [0.4, 0.5) is 11.4 Å². The third-order valence-electron chi connectivity index (χ3n) is 3.78. The quantitative estimate of drug-likeness (QED) is 0.608. The van der Waals surface area contributed by atoms with E-state index in [0.717, 1.165) is 12.8 Å². The van der Waals surface area contributed by atoms with Gasteiger partial charge in [-0.15, -0.1) is 0 Å². The zero-order valence-corrected chi connectivity index (χ0v) is 13.4. The lowest BCUT2D eigenvalue weighted by molar-refractivity contribution is -0.383. The lowest BCUT2D eigenvalue weighted by Gasteiger charge is -2.27. The van der Waals surface area contributed by atoms with Crippen LogP contribution in [-0.4, -0.2) is 22.5 Å². The first-order valence-electron chi connectivity index (χ1n) is 6.40. The van der Waals surface area contributed by atoms with Gasteiger partial charge in [0.25, 0.3) is 5.69 Å². The number of nitro groups is 1. The number of hydrogen-bond donors (Lipinski definition) is 1. The van der Waals surface area contributed by atoms with Gasteiger partial charge in [0.1, 0.15) is 5.69 Å². The minimum absolute atomic E-state index is 0.0337. The minimum Gasteiger partial charge on any atom is -0.378 e. The highest BCUT2D eigenvalue weighted by atomic mass is 35.5. The van der Waals surface area contributed by atoms with Crippen molar-refractivity contribution in [1.82, 2.24) is 0 Å². The fourth-order valence-electron chi connectivity index (χ4n) is 2.56. The Bertz CT molecular complexity index is 519. The molecule has 0 atom stereocenters. The van der Waals surface area contributed by atoms with Crippen molar-refractivity contribution in [3.63, 3.8) is 0 Å². The average molecular weight is 335 g/mol. The number of nitrogens with one attached hydrogen (secondary N) is 1. The zero-order chi connectivity index (χ0) is 14.8. The van der Waals surface area contributed by atoms with Gasteiger partial charge in [0, 0.05) is 17.4 Å². The van der Waals surface area contributed by atoms with Crippen LogP contribution in [0.3, 0.4) is 0 Å². The molecule has 0 aliphatic heterocycles. The number of anilines is 1. The number of hydrogen-bond acceptors (Lipinski definition) is 4. The largest absolute Gasteiger partial charge is 0.378 e. The number of nitrogens with zero attached hydrogens (tertiary/aromatic N) is 1. The molecule has 20 heavy (non-hydrogen) atoms. The molecule has 1 aromatic carbocycles. The van der Waals surface area contributed by atoms with E-state index >= 15 is 0 Å². The lowest BCUT2D eigenvalue weighted by atomic mass is 10.1. The molecule has 7 heteroatoms. The molecule has 2 rings (SSSR count). The molecule has 1 N–H and O–H groups in total. The molecular weight excluding hydrogens is 319 g/mol. The van der Waals surface area contributed by atoms with Gasteiger partial charge in [-0.05, 0) is 25.2 Å². The molecule has 4 nitrogen and oxygen atoms in total. The zero-order valence-electron chi connectivity index (χ0n) is 11.1. The van der Waals surface area contributed by atoms with Crippen LogP contribution in [0.25, 0.3) is 0 Å². The molecule has 1 aromatic rings. The van der Waals surface area contributed by atoms with Crippen molar-refractivity contribution in [2.75, 3.05) is 18.1 Å². The third-order valence-corrected chi connectivity index (χ3v) is 5.92. The molecule has 1 aliphatic rings. The molecule has 0 spiro atoms. The molecule has 0 amide bonds. The van der Waals surface area contributed by atoms with E-state index in [0.29, 0.717) is 17.3 Å². The highest BCUT2D eigenvalue weighted by Gasteiger charge is 2.33. The Kier molecular flexibility index (Phi) is 5.04. The first-order valence-corrected chi connectivity index (χ1v) is 8.38. The van der Waals surface area contributed by atoms with Crippen molar-refractivity contribution in [1.29, 1.82) is 0 Å². The van der Waals surface area contributed by atoms with E-state index in [1.807, 2.05) is 11.8 Å². The summed E-state index contributed by atoms with van der Waals surface area (Å²) < 4.78 is 0.167. The Morgan fingerprint density at radius 2 is 1.95 bits per heavy atom. The maximum atomic E-state index is 11.1. The standard InChI is InChI=1S/C13H16Cl2N2O2S/c1-20-13(4-2-3-5-13)8-16-11-6-9(14)10(15)7-12(11)17(18)19/h6-7,16H,2-5,8H2,1H3. The summed E-state index contributed by atoms with van der Waals surface area (Å²) >= 11 is 13.6. The molecule has 0 aromatic heterocycles. The van der Waals surface area contributed by atoms with Crippen LogP contribution in [0.5, 0.6) is 0 Å². The van der Waals surface area contributed by atoms with Crippen molar-refractivity contribution in [3.05, 3.63) is 32.3 Å². The van der Waals surface area contributed by atoms with E-state index in [9.17, 15) is 10.1 Å². The van der Waals surface area contributed by atoms with Crippen LogP contribution in [-0.2, 0) is 0 Å². The van der Waals surface area contributed by atoms with Crippen LogP contribution >= 0.6 is 35.0 Å². The Morgan fingerprint density at radius 1 is 1.35 bits per heavy atom. The second-order valence-electron chi connectivity index (χ2n) is 4.99. The molecule has 0 bridgehead atoms. The molecule has 0 heterocycles. The van der Waals surface area contributed by atoms with Gasteiger partial charge in [0.2, 0.25) is 0 Å². The van der Waals surface area contributed by atoms with Crippen molar-refractivity contribution in [2.45, 2.75) is 30.4 Å². The molecular formula is C13H16Cl2N2O2S. The summed E-state index contributed by atoms with van der Waals surface area (Å²) in [4.78, 5) is 10.6. The maximum absolute atomic E-state index is 11.1. The Balaban J connectivity index is 2.20. The van der Waals surface area contributed by atoms with Gasteiger partial charge in [-0.3, -0.25) is 10.1 Å². The van der Waals surface area contributed by atoms with Gasteiger partial charge in [0.05, 0.1) is 15.0 Å². The number of thioether (sulfide) groups is 1. The summed E-state index contributed by atoms with van der Waals surface area (Å²) in [5, 5.41) is 14.8.